The highest BCUT2D eigenvalue weighted by atomic mass is 35.5. The molecule has 146 valence electrons. The summed E-state index contributed by atoms with van der Waals surface area (Å²) in [5.74, 6) is -0.216. The zero-order chi connectivity index (χ0) is 20.2. The first-order valence-electron chi connectivity index (χ1n) is 8.40. The van der Waals surface area contributed by atoms with Crippen molar-refractivity contribution in [3.63, 3.8) is 0 Å². The molecule has 0 aliphatic rings. The second-order valence-electron chi connectivity index (χ2n) is 6.39. The van der Waals surface area contributed by atoms with Gasteiger partial charge in [-0.1, -0.05) is 23.7 Å². The fraction of sp³-hybridized carbons (Fsp3) is 0.316. The summed E-state index contributed by atoms with van der Waals surface area (Å²) in [6.45, 7) is 5.27. The SMILES string of the molecule is COc1ccc(C(=O)NC(C)c2ccc(Cl)cc2)cc1S(=O)(=O)NC(C)C. The maximum Gasteiger partial charge on any atom is 0.251 e. The molecule has 0 heterocycles. The molecular weight excluding hydrogens is 388 g/mol. The van der Waals surface area contributed by atoms with E-state index in [1.165, 1.54) is 25.3 Å². The van der Waals surface area contributed by atoms with Gasteiger partial charge in [-0.05, 0) is 56.7 Å². The van der Waals surface area contributed by atoms with Gasteiger partial charge in [-0.25, -0.2) is 13.1 Å². The van der Waals surface area contributed by atoms with Crippen LogP contribution in [0.15, 0.2) is 47.4 Å². The summed E-state index contributed by atoms with van der Waals surface area (Å²) >= 11 is 5.88. The molecule has 0 bridgehead atoms. The van der Waals surface area contributed by atoms with Crippen molar-refractivity contribution in [2.75, 3.05) is 7.11 Å². The van der Waals surface area contributed by atoms with Crippen molar-refractivity contribution >= 4 is 27.5 Å². The first kappa shape index (κ1) is 21.2. The molecule has 2 rings (SSSR count). The first-order chi connectivity index (χ1) is 12.6. The fourth-order valence-electron chi connectivity index (χ4n) is 2.52. The van der Waals surface area contributed by atoms with E-state index in [0.29, 0.717) is 5.02 Å². The summed E-state index contributed by atoms with van der Waals surface area (Å²) in [6.07, 6.45) is 0. The van der Waals surface area contributed by atoms with Gasteiger partial charge < -0.3 is 10.1 Å². The van der Waals surface area contributed by atoms with E-state index < -0.39 is 10.0 Å². The van der Waals surface area contributed by atoms with Gasteiger partial charge >= 0.3 is 0 Å². The molecule has 2 N–H and O–H groups in total. The standard InChI is InChI=1S/C19H23ClN2O4S/c1-12(2)22-27(24,25)18-11-15(7-10-17(18)26-4)19(23)21-13(3)14-5-8-16(20)9-6-14/h5-13,22H,1-4H3,(H,21,23). The molecule has 0 aliphatic carbocycles. The Kier molecular flexibility index (Phi) is 6.86. The molecule has 0 saturated carbocycles. The van der Waals surface area contributed by atoms with E-state index in [1.54, 1.807) is 26.0 Å². The van der Waals surface area contributed by atoms with E-state index >= 15 is 0 Å². The third kappa shape index (κ3) is 5.45. The summed E-state index contributed by atoms with van der Waals surface area (Å²) in [6, 6.07) is 10.9. The Labute approximate surface area is 164 Å². The minimum atomic E-state index is -3.81. The van der Waals surface area contributed by atoms with Crippen molar-refractivity contribution in [1.29, 1.82) is 0 Å². The number of ether oxygens (including phenoxy) is 1. The zero-order valence-corrected chi connectivity index (χ0v) is 17.2. The van der Waals surface area contributed by atoms with Gasteiger partial charge in [0.05, 0.1) is 13.2 Å². The van der Waals surface area contributed by atoms with E-state index in [1.807, 2.05) is 19.1 Å². The minimum Gasteiger partial charge on any atom is -0.495 e. The highest BCUT2D eigenvalue weighted by molar-refractivity contribution is 7.89. The smallest absolute Gasteiger partial charge is 0.251 e. The van der Waals surface area contributed by atoms with Crippen LogP contribution in [0, 0.1) is 0 Å². The molecule has 0 saturated heterocycles. The summed E-state index contributed by atoms with van der Waals surface area (Å²) in [7, 11) is -2.43. The highest BCUT2D eigenvalue weighted by Crippen LogP contribution is 2.25. The summed E-state index contributed by atoms with van der Waals surface area (Å²) in [5, 5.41) is 3.46. The van der Waals surface area contributed by atoms with Crippen molar-refractivity contribution in [3.05, 3.63) is 58.6 Å². The van der Waals surface area contributed by atoms with Crippen LogP contribution < -0.4 is 14.8 Å². The number of sulfonamides is 1. The summed E-state index contributed by atoms with van der Waals surface area (Å²) < 4.78 is 32.7. The van der Waals surface area contributed by atoms with E-state index in [4.69, 9.17) is 16.3 Å². The Balaban J connectivity index is 2.28. The van der Waals surface area contributed by atoms with Crippen molar-refractivity contribution in [3.8, 4) is 5.75 Å². The molecule has 2 aromatic carbocycles. The van der Waals surface area contributed by atoms with Gasteiger partial charge in [0.1, 0.15) is 10.6 Å². The molecule has 8 heteroatoms. The molecule has 0 spiro atoms. The van der Waals surface area contributed by atoms with Gasteiger partial charge in [-0.2, -0.15) is 0 Å². The van der Waals surface area contributed by atoms with Crippen molar-refractivity contribution in [1.82, 2.24) is 10.0 Å². The van der Waals surface area contributed by atoms with E-state index in [9.17, 15) is 13.2 Å². The molecule has 0 radical (unpaired) electrons. The van der Waals surface area contributed by atoms with E-state index in [0.717, 1.165) is 5.56 Å². The maximum atomic E-state index is 12.6. The molecule has 1 unspecified atom stereocenters. The lowest BCUT2D eigenvalue weighted by atomic mass is 10.1. The van der Waals surface area contributed by atoms with Crippen LogP contribution >= 0.6 is 11.6 Å². The molecule has 2 aromatic rings. The molecule has 1 atom stereocenters. The van der Waals surface area contributed by atoms with Gasteiger partial charge in [0.25, 0.3) is 5.91 Å². The number of amides is 1. The topological polar surface area (TPSA) is 84.5 Å². The Morgan fingerprint density at radius 1 is 1.07 bits per heavy atom. The maximum absolute atomic E-state index is 12.6. The number of nitrogens with one attached hydrogen (secondary N) is 2. The molecule has 27 heavy (non-hydrogen) atoms. The van der Waals surface area contributed by atoms with E-state index in [2.05, 4.69) is 10.0 Å². The number of benzene rings is 2. The number of hydrogen-bond acceptors (Lipinski definition) is 4. The number of carbonyl (C=O) groups is 1. The molecule has 0 fully saturated rings. The minimum absolute atomic E-state index is 0.0782. The molecular formula is C19H23ClN2O4S. The van der Waals surface area contributed by atoms with Crippen LogP contribution in [0.2, 0.25) is 5.02 Å². The average Bonchev–Trinajstić information content (AvgIpc) is 2.60. The Hall–Kier alpha value is -2.09. The van der Waals surface area contributed by atoms with Crippen molar-refractivity contribution in [2.45, 2.75) is 37.8 Å². The average molecular weight is 411 g/mol. The van der Waals surface area contributed by atoms with Gasteiger partial charge in [0.2, 0.25) is 10.0 Å². The van der Waals surface area contributed by atoms with Gasteiger partial charge in [0, 0.05) is 16.6 Å². The Morgan fingerprint density at radius 2 is 1.70 bits per heavy atom. The normalized spacial score (nSPS) is 12.7. The van der Waals surface area contributed by atoms with Crippen LogP contribution in [0.4, 0.5) is 0 Å². The van der Waals surface area contributed by atoms with Crippen LogP contribution in [0.25, 0.3) is 0 Å². The Bertz CT molecular complexity index is 912. The number of carbonyl (C=O) groups excluding carboxylic acids is 1. The third-order valence-electron chi connectivity index (χ3n) is 3.82. The lowest BCUT2D eigenvalue weighted by Gasteiger charge is -2.16. The fourth-order valence-corrected chi connectivity index (χ4v) is 4.09. The van der Waals surface area contributed by atoms with Crippen LogP contribution in [0.5, 0.6) is 5.75 Å². The largest absolute Gasteiger partial charge is 0.495 e. The van der Waals surface area contributed by atoms with Gasteiger partial charge in [-0.15, -0.1) is 0 Å². The van der Waals surface area contributed by atoms with Crippen molar-refractivity contribution < 1.29 is 17.9 Å². The van der Waals surface area contributed by atoms with E-state index in [-0.39, 0.29) is 34.2 Å². The predicted octanol–water partition coefficient (Wildman–Crippen LogP) is 3.53. The number of halogens is 1. The van der Waals surface area contributed by atoms with Crippen LogP contribution in [0.3, 0.4) is 0 Å². The number of rotatable bonds is 7. The predicted molar refractivity (Wildman–Crippen MR) is 106 cm³/mol. The molecule has 0 aliphatic heterocycles. The number of hydrogen-bond donors (Lipinski definition) is 2. The second kappa shape index (κ2) is 8.73. The van der Waals surface area contributed by atoms with Crippen molar-refractivity contribution in [2.24, 2.45) is 0 Å². The Morgan fingerprint density at radius 3 is 2.26 bits per heavy atom. The summed E-state index contributed by atoms with van der Waals surface area (Å²) in [5.41, 5.74) is 1.11. The quantitative estimate of drug-likeness (QED) is 0.731. The lowest BCUT2D eigenvalue weighted by molar-refractivity contribution is 0.0939. The monoisotopic (exact) mass is 410 g/mol. The zero-order valence-electron chi connectivity index (χ0n) is 15.6. The molecule has 0 aromatic heterocycles. The van der Waals surface area contributed by atoms with Gasteiger partial charge in [0.15, 0.2) is 0 Å². The molecule has 1 amide bonds. The second-order valence-corrected chi connectivity index (χ2v) is 8.51. The molecule has 6 nitrogen and oxygen atoms in total. The van der Waals surface area contributed by atoms with Crippen LogP contribution in [0.1, 0.15) is 42.7 Å². The lowest BCUT2D eigenvalue weighted by Crippen LogP contribution is -2.31. The summed E-state index contributed by atoms with van der Waals surface area (Å²) in [4.78, 5) is 12.5. The third-order valence-corrected chi connectivity index (χ3v) is 5.76. The van der Waals surface area contributed by atoms with Gasteiger partial charge in [-0.3, -0.25) is 4.79 Å². The van der Waals surface area contributed by atoms with Crippen LogP contribution in [-0.4, -0.2) is 27.5 Å². The van der Waals surface area contributed by atoms with Crippen LogP contribution in [-0.2, 0) is 10.0 Å². The first-order valence-corrected chi connectivity index (χ1v) is 10.3. The highest BCUT2D eigenvalue weighted by Gasteiger charge is 2.23. The number of methoxy groups -OCH3 is 1.